The average molecular weight is 404 g/mol. The molecule has 0 saturated carbocycles. The summed E-state index contributed by atoms with van der Waals surface area (Å²) < 4.78 is 28.6. The lowest BCUT2D eigenvalue weighted by Gasteiger charge is -2.15. The summed E-state index contributed by atoms with van der Waals surface area (Å²) >= 11 is 0. The molecule has 7 nitrogen and oxygen atoms in total. The second-order valence-corrected chi connectivity index (χ2v) is 9.23. The number of esters is 1. The van der Waals surface area contributed by atoms with Gasteiger partial charge in [-0.05, 0) is 23.9 Å². The first-order valence-corrected chi connectivity index (χ1v) is 11.1. The number of carbonyl (C=O) groups is 2. The monoisotopic (exact) mass is 404 g/mol. The average Bonchev–Trinajstić information content (AvgIpc) is 2.66. The number of ether oxygens (including phenoxy) is 1. The van der Waals surface area contributed by atoms with Crippen molar-refractivity contribution in [2.75, 3.05) is 12.9 Å². The maximum absolute atomic E-state index is 13.2. The number of aromatic nitrogens is 2. The number of nitrogens with zero attached hydrogens (tertiary/aromatic N) is 2. The van der Waals surface area contributed by atoms with Gasteiger partial charge in [-0.25, -0.2) is 23.2 Å². The van der Waals surface area contributed by atoms with Crippen LogP contribution >= 0.6 is 10.5 Å². The van der Waals surface area contributed by atoms with Gasteiger partial charge in [0, 0.05) is 17.3 Å². The molecule has 1 aromatic carbocycles. The first-order valence-electron chi connectivity index (χ1n) is 7.95. The predicted molar refractivity (Wildman–Crippen MR) is 103 cm³/mol. The molecule has 0 bridgehead atoms. The van der Waals surface area contributed by atoms with Crippen molar-refractivity contribution < 1.29 is 22.7 Å². The Morgan fingerprint density at radius 1 is 1.22 bits per heavy atom. The van der Waals surface area contributed by atoms with E-state index in [1.165, 1.54) is 0 Å². The minimum absolute atomic E-state index is 0.101. The third-order valence-corrected chi connectivity index (χ3v) is 6.36. The Labute approximate surface area is 159 Å². The maximum atomic E-state index is 13.2. The summed E-state index contributed by atoms with van der Waals surface area (Å²) in [6.07, 6.45) is 5.60. The molecule has 27 heavy (non-hydrogen) atoms. The standard InChI is InChI=1S/C18H16N2O5S2/c1-3-25-16(21)13-11-19-18(27(2,23)24)20-15(13)17(22)26-10-6-8-12-7-4-5-9-14(12)26/h4-11H,3H2,1-2H3. The number of allylic oxidation sites excluding steroid dienone is 1. The van der Waals surface area contributed by atoms with Crippen LogP contribution in [0.15, 0.2) is 46.6 Å². The van der Waals surface area contributed by atoms with E-state index in [9.17, 15) is 18.0 Å². The van der Waals surface area contributed by atoms with E-state index in [2.05, 4.69) is 9.97 Å². The van der Waals surface area contributed by atoms with E-state index in [0.29, 0.717) is 0 Å². The molecule has 3 rings (SSSR count). The Balaban J connectivity index is 2.17. The van der Waals surface area contributed by atoms with E-state index in [4.69, 9.17) is 4.74 Å². The molecule has 1 aliphatic rings. The molecule has 1 atom stereocenters. The van der Waals surface area contributed by atoms with Crippen LogP contribution in [0.2, 0.25) is 0 Å². The van der Waals surface area contributed by atoms with Crippen LogP contribution in [0.25, 0.3) is 6.08 Å². The van der Waals surface area contributed by atoms with Crippen LogP contribution in [-0.2, 0) is 14.6 Å². The van der Waals surface area contributed by atoms with Crippen LogP contribution < -0.4 is 0 Å². The van der Waals surface area contributed by atoms with E-state index in [-0.39, 0.29) is 17.9 Å². The quantitative estimate of drug-likeness (QED) is 0.438. The van der Waals surface area contributed by atoms with Crippen LogP contribution in [0, 0.1) is 0 Å². The van der Waals surface area contributed by atoms with Gasteiger partial charge in [-0.3, -0.25) is 4.79 Å². The predicted octanol–water partition coefficient (Wildman–Crippen LogP) is 2.35. The van der Waals surface area contributed by atoms with Gasteiger partial charge in [0.2, 0.25) is 20.1 Å². The fraction of sp³-hybridized carbons (Fsp3) is 0.167. The van der Waals surface area contributed by atoms with E-state index in [1.807, 2.05) is 30.3 Å². The second-order valence-electron chi connectivity index (χ2n) is 5.57. The largest absolute Gasteiger partial charge is 0.462 e. The topological polar surface area (TPSA) is 103 Å². The SMILES string of the molecule is CCOC(=O)c1cnc(S(C)(=O)=O)nc1C(=O)S1=CC=Cc2ccccc21. The molecule has 0 N–H and O–H groups in total. The molecule has 0 amide bonds. The van der Waals surface area contributed by atoms with Crippen LogP contribution in [0.3, 0.4) is 0 Å². The second kappa shape index (κ2) is 7.53. The molecule has 1 aromatic heterocycles. The van der Waals surface area contributed by atoms with Crippen molar-refractivity contribution in [3.05, 3.63) is 53.4 Å². The van der Waals surface area contributed by atoms with Crippen molar-refractivity contribution in [3.63, 3.8) is 0 Å². The molecule has 1 unspecified atom stereocenters. The van der Waals surface area contributed by atoms with E-state index in [1.54, 1.807) is 18.4 Å². The first kappa shape index (κ1) is 19.1. The van der Waals surface area contributed by atoms with Gasteiger partial charge in [-0.2, -0.15) is 0 Å². The number of fused-ring (bicyclic) bond motifs is 1. The lowest BCUT2D eigenvalue weighted by atomic mass is 10.2. The Morgan fingerprint density at radius 3 is 2.67 bits per heavy atom. The molecular formula is C18H16N2O5S2. The normalized spacial score (nSPS) is 15.6. The highest BCUT2D eigenvalue weighted by atomic mass is 32.2. The number of sulfone groups is 1. The van der Waals surface area contributed by atoms with Crippen molar-refractivity contribution in [2.24, 2.45) is 0 Å². The molecule has 1 aliphatic heterocycles. The van der Waals surface area contributed by atoms with Crippen molar-refractivity contribution in [2.45, 2.75) is 17.0 Å². The summed E-state index contributed by atoms with van der Waals surface area (Å²) in [6.45, 7) is 1.73. The summed E-state index contributed by atoms with van der Waals surface area (Å²) in [5.41, 5.74) is 0.475. The summed E-state index contributed by atoms with van der Waals surface area (Å²) in [4.78, 5) is 33.9. The molecule has 2 heterocycles. The van der Waals surface area contributed by atoms with Crippen molar-refractivity contribution in [3.8, 4) is 0 Å². The summed E-state index contributed by atoms with van der Waals surface area (Å²) in [5.74, 6) is -0.773. The first-order chi connectivity index (χ1) is 12.8. The highest BCUT2D eigenvalue weighted by Crippen LogP contribution is 2.36. The summed E-state index contributed by atoms with van der Waals surface area (Å²) in [7, 11) is -4.78. The van der Waals surface area contributed by atoms with Gasteiger partial charge in [0.25, 0.3) is 0 Å². The molecule has 0 radical (unpaired) electrons. The molecule has 140 valence electrons. The molecule has 0 aliphatic carbocycles. The van der Waals surface area contributed by atoms with E-state index in [0.717, 1.165) is 22.9 Å². The molecule has 2 aromatic rings. The van der Waals surface area contributed by atoms with Crippen LogP contribution in [0.1, 0.15) is 33.3 Å². The van der Waals surface area contributed by atoms with Crippen molar-refractivity contribution >= 4 is 42.8 Å². The van der Waals surface area contributed by atoms with Gasteiger partial charge in [-0.15, -0.1) is 0 Å². The molecule has 0 saturated heterocycles. The Hall–Kier alpha value is -2.65. The van der Waals surface area contributed by atoms with Crippen LogP contribution in [0.5, 0.6) is 0 Å². The fourth-order valence-electron chi connectivity index (χ4n) is 2.44. The third-order valence-electron chi connectivity index (χ3n) is 3.63. The van der Waals surface area contributed by atoms with Crippen LogP contribution in [-0.4, -0.2) is 47.7 Å². The van der Waals surface area contributed by atoms with Crippen molar-refractivity contribution in [1.29, 1.82) is 0 Å². The number of rotatable bonds is 4. The van der Waals surface area contributed by atoms with Crippen LogP contribution in [0.4, 0.5) is 0 Å². The van der Waals surface area contributed by atoms with Gasteiger partial charge in [0.05, 0.1) is 6.61 Å². The van der Waals surface area contributed by atoms with E-state index < -0.39 is 36.6 Å². The zero-order valence-corrected chi connectivity index (χ0v) is 16.2. The number of hydrogen-bond donors (Lipinski definition) is 0. The third kappa shape index (κ3) is 3.88. The zero-order chi connectivity index (χ0) is 19.6. The minimum atomic E-state index is -3.75. The number of carbonyl (C=O) groups excluding carboxylic acids is 2. The van der Waals surface area contributed by atoms with Gasteiger partial charge in [-0.1, -0.05) is 40.8 Å². The summed E-state index contributed by atoms with van der Waals surface area (Å²) in [6, 6.07) is 7.36. The minimum Gasteiger partial charge on any atom is -0.462 e. The Kier molecular flexibility index (Phi) is 5.33. The Morgan fingerprint density at radius 2 is 1.96 bits per heavy atom. The van der Waals surface area contributed by atoms with Gasteiger partial charge >= 0.3 is 5.97 Å². The van der Waals surface area contributed by atoms with E-state index >= 15 is 0 Å². The lowest BCUT2D eigenvalue weighted by Crippen LogP contribution is -2.17. The fourth-order valence-corrected chi connectivity index (χ4v) is 4.62. The summed E-state index contributed by atoms with van der Waals surface area (Å²) in [5, 5.41) is 0.729. The van der Waals surface area contributed by atoms with Gasteiger partial charge in [0.1, 0.15) is 11.3 Å². The molecular weight excluding hydrogens is 388 g/mol. The lowest BCUT2D eigenvalue weighted by molar-refractivity contribution is 0.0522. The van der Waals surface area contributed by atoms with Gasteiger partial charge < -0.3 is 4.74 Å². The smallest absolute Gasteiger partial charge is 0.342 e. The number of hydrogen-bond acceptors (Lipinski definition) is 7. The van der Waals surface area contributed by atoms with Crippen molar-refractivity contribution in [1.82, 2.24) is 9.97 Å². The Bertz CT molecular complexity index is 1100. The van der Waals surface area contributed by atoms with Gasteiger partial charge in [0.15, 0.2) is 0 Å². The maximum Gasteiger partial charge on any atom is 0.342 e. The molecule has 0 spiro atoms. The molecule has 0 fully saturated rings. The zero-order valence-electron chi connectivity index (χ0n) is 14.6. The highest BCUT2D eigenvalue weighted by molar-refractivity contribution is 8.28. The number of benzene rings is 1. The molecule has 9 heteroatoms. The highest BCUT2D eigenvalue weighted by Gasteiger charge is 2.27.